The van der Waals surface area contributed by atoms with Crippen molar-refractivity contribution in [2.45, 2.75) is 47.7 Å². The fraction of sp³-hybridized carbons (Fsp3) is 0.722. The molecule has 1 N–H and O–H groups in total. The molecule has 2 bridgehead atoms. The lowest BCUT2D eigenvalue weighted by Crippen LogP contribution is -2.70. The van der Waals surface area contributed by atoms with E-state index < -0.39 is 49.2 Å². The number of ether oxygens (including phenoxy) is 2. The molecule has 0 radical (unpaired) electrons. The molecule has 0 aromatic heterocycles. The molecule has 3 aliphatic carbocycles. The first-order valence-electron chi connectivity index (χ1n) is 8.96. The number of allylic oxidation sites excluding steroid dienone is 2. The lowest BCUT2D eigenvalue weighted by molar-refractivity contribution is -0.166. The summed E-state index contributed by atoms with van der Waals surface area (Å²) in [6, 6.07) is 0. The van der Waals surface area contributed by atoms with Gasteiger partial charge in [-0.25, -0.2) is 0 Å². The molecule has 1 fully saturated rings. The van der Waals surface area contributed by atoms with Crippen LogP contribution in [0.15, 0.2) is 10.1 Å². The van der Waals surface area contributed by atoms with Crippen LogP contribution < -0.4 is 0 Å². The van der Waals surface area contributed by atoms with Gasteiger partial charge in [-0.2, -0.15) is 0 Å². The van der Waals surface area contributed by atoms with E-state index in [1.807, 2.05) is 6.92 Å². The number of carbonyl (C=O) groups is 3. The number of rotatable bonds is 7. The van der Waals surface area contributed by atoms with Crippen LogP contribution in [-0.4, -0.2) is 50.3 Å². The topological polar surface area (TPSA) is 89.9 Å². The van der Waals surface area contributed by atoms with E-state index in [1.54, 1.807) is 13.8 Å². The molecule has 170 valence electrons. The van der Waals surface area contributed by atoms with Crippen molar-refractivity contribution in [3.63, 3.8) is 0 Å². The third kappa shape index (κ3) is 4.01. The van der Waals surface area contributed by atoms with E-state index in [-0.39, 0.29) is 29.7 Å². The Morgan fingerprint density at radius 1 is 1.03 bits per heavy atom. The van der Waals surface area contributed by atoms with Gasteiger partial charge >= 0.3 is 17.9 Å². The zero-order valence-corrected chi connectivity index (χ0v) is 20.8. The minimum Gasteiger partial charge on any atom is -0.481 e. The monoisotopic (exact) mass is 542 g/mol. The average molecular weight is 545 g/mol. The predicted octanol–water partition coefficient (Wildman–Crippen LogP) is 5.06. The van der Waals surface area contributed by atoms with E-state index in [4.69, 9.17) is 79.1 Å². The van der Waals surface area contributed by atoms with E-state index in [2.05, 4.69) is 0 Å². The van der Waals surface area contributed by atoms with E-state index in [0.29, 0.717) is 6.42 Å². The summed E-state index contributed by atoms with van der Waals surface area (Å²) in [7, 11) is 0. The third-order valence-electron chi connectivity index (χ3n) is 5.66. The third-order valence-corrected chi connectivity index (χ3v) is 9.33. The summed E-state index contributed by atoms with van der Waals surface area (Å²) < 4.78 is 8.33. The van der Waals surface area contributed by atoms with Gasteiger partial charge in [0.05, 0.1) is 32.2 Å². The van der Waals surface area contributed by atoms with Gasteiger partial charge in [0.2, 0.25) is 0 Å². The Bertz CT molecular complexity index is 796. The molecule has 12 heteroatoms. The molecular formula is C18H20Cl6O6. The molecule has 30 heavy (non-hydrogen) atoms. The van der Waals surface area contributed by atoms with Gasteiger partial charge in [-0.15, -0.1) is 23.2 Å². The number of esters is 2. The van der Waals surface area contributed by atoms with Crippen LogP contribution in [0, 0.1) is 17.3 Å². The molecule has 3 rings (SSSR count). The Morgan fingerprint density at radius 2 is 1.57 bits per heavy atom. The first-order chi connectivity index (χ1) is 13.6. The number of carboxylic acid groups (broad SMARTS) is 1. The number of alkyl halides is 4. The van der Waals surface area contributed by atoms with Gasteiger partial charge < -0.3 is 14.6 Å². The molecular weight excluding hydrogens is 525 g/mol. The normalized spacial score (nSPS) is 32.7. The summed E-state index contributed by atoms with van der Waals surface area (Å²) in [4.78, 5) is 32.9. The summed E-state index contributed by atoms with van der Waals surface area (Å²) in [5.41, 5.74) is -0.689. The summed E-state index contributed by atoms with van der Waals surface area (Å²) in [6.07, 6.45) is 0.219. The van der Waals surface area contributed by atoms with Crippen molar-refractivity contribution >= 4 is 87.5 Å². The maximum atomic E-state index is 12.8. The molecule has 0 amide bonds. The van der Waals surface area contributed by atoms with Gasteiger partial charge in [0, 0.05) is 6.42 Å². The first-order valence-corrected chi connectivity index (χ1v) is 11.2. The maximum absolute atomic E-state index is 12.8. The molecule has 0 aromatic rings. The van der Waals surface area contributed by atoms with Crippen molar-refractivity contribution in [3.8, 4) is 0 Å². The van der Waals surface area contributed by atoms with Crippen LogP contribution >= 0.6 is 69.6 Å². The van der Waals surface area contributed by atoms with Crippen molar-refractivity contribution in [2.75, 3.05) is 13.2 Å². The minimum absolute atomic E-state index is 0.215. The summed E-state index contributed by atoms with van der Waals surface area (Å²) in [6.45, 7) is 4.73. The van der Waals surface area contributed by atoms with Gasteiger partial charge in [0.1, 0.15) is 22.4 Å². The fourth-order valence-electron chi connectivity index (χ4n) is 3.48. The summed E-state index contributed by atoms with van der Waals surface area (Å²) in [5.74, 6) is -6.20. The molecule has 0 aromatic carbocycles. The molecule has 6 nitrogen and oxygen atoms in total. The number of carboxylic acids is 1. The van der Waals surface area contributed by atoms with Crippen LogP contribution in [0.3, 0.4) is 0 Å². The van der Waals surface area contributed by atoms with Gasteiger partial charge in [0.25, 0.3) is 0 Å². The van der Waals surface area contributed by atoms with E-state index >= 15 is 0 Å². The van der Waals surface area contributed by atoms with Gasteiger partial charge in [0.15, 0.2) is 0 Å². The largest absolute Gasteiger partial charge is 0.481 e. The molecule has 0 saturated heterocycles. The summed E-state index contributed by atoms with van der Waals surface area (Å²) >= 11 is 38.1. The highest BCUT2D eigenvalue weighted by atomic mass is 35.5. The van der Waals surface area contributed by atoms with Gasteiger partial charge in [-0.3, -0.25) is 14.4 Å². The molecule has 3 aliphatic rings. The molecule has 1 saturated carbocycles. The van der Waals surface area contributed by atoms with Crippen molar-refractivity contribution in [2.24, 2.45) is 17.3 Å². The second kappa shape index (κ2) is 8.68. The Hall–Kier alpha value is -0.110. The number of halogens is 6. The van der Waals surface area contributed by atoms with Crippen LogP contribution in [0.5, 0.6) is 0 Å². The second-order valence-corrected chi connectivity index (χ2v) is 11.4. The van der Waals surface area contributed by atoms with E-state index in [0.717, 1.165) is 0 Å². The standard InChI is InChI=1S/C18H20Cl6O6/c1-4-15(2,3)14(28)30-6-5-29-13(27)9-8(12(25)26)18(24)11(20)10(19)16(9,21)7-17(18,22)23/h8-9H,4-7H2,1-3H3,(H,25,26). The van der Waals surface area contributed by atoms with Crippen LogP contribution in [-0.2, 0) is 23.9 Å². The van der Waals surface area contributed by atoms with Crippen LogP contribution in [0.25, 0.3) is 0 Å². The fourth-order valence-corrected chi connectivity index (χ4v) is 6.33. The number of carbonyl (C=O) groups excluding carboxylic acids is 2. The number of hydrogen-bond acceptors (Lipinski definition) is 5. The maximum Gasteiger partial charge on any atom is 0.312 e. The van der Waals surface area contributed by atoms with Crippen molar-refractivity contribution in [1.29, 1.82) is 0 Å². The number of hydrogen-bond donors (Lipinski definition) is 1. The Kier molecular flexibility index (Phi) is 7.56. The van der Waals surface area contributed by atoms with Crippen LogP contribution in [0.4, 0.5) is 0 Å². The quantitative estimate of drug-likeness (QED) is 0.274. The molecule has 0 heterocycles. The van der Waals surface area contributed by atoms with Crippen molar-refractivity contribution in [3.05, 3.63) is 10.1 Å². The first kappa shape index (κ1) is 26.1. The molecule has 0 spiro atoms. The highest BCUT2D eigenvalue weighted by Crippen LogP contribution is 2.70. The van der Waals surface area contributed by atoms with Crippen molar-refractivity contribution in [1.82, 2.24) is 0 Å². The van der Waals surface area contributed by atoms with Gasteiger partial charge in [-0.1, -0.05) is 53.3 Å². The Balaban J connectivity index is 2.24. The van der Waals surface area contributed by atoms with Crippen LogP contribution in [0.1, 0.15) is 33.6 Å². The molecule has 4 unspecified atom stereocenters. The van der Waals surface area contributed by atoms with E-state index in [1.165, 1.54) is 0 Å². The Morgan fingerprint density at radius 3 is 2.07 bits per heavy atom. The highest BCUT2D eigenvalue weighted by molar-refractivity contribution is 6.60. The highest BCUT2D eigenvalue weighted by Gasteiger charge is 2.76. The summed E-state index contributed by atoms with van der Waals surface area (Å²) in [5, 5.41) is 9.25. The molecule has 4 atom stereocenters. The van der Waals surface area contributed by atoms with Crippen LogP contribution in [0.2, 0.25) is 0 Å². The zero-order valence-electron chi connectivity index (χ0n) is 16.2. The second-order valence-electron chi connectivity index (χ2n) is 7.92. The Labute approximate surface area is 204 Å². The lowest BCUT2D eigenvalue weighted by atomic mass is 9.60. The number of aliphatic carboxylic acids is 1. The zero-order chi connectivity index (χ0) is 23.3. The number of fused-ring (bicyclic) bond motifs is 2. The lowest BCUT2D eigenvalue weighted by Gasteiger charge is -2.58. The minimum atomic E-state index is -2.10. The van der Waals surface area contributed by atoms with E-state index in [9.17, 15) is 19.5 Å². The van der Waals surface area contributed by atoms with Crippen molar-refractivity contribution < 1.29 is 29.0 Å². The average Bonchev–Trinajstić information content (AvgIpc) is 2.64. The molecule has 0 aliphatic heterocycles. The smallest absolute Gasteiger partial charge is 0.312 e. The van der Waals surface area contributed by atoms with Gasteiger partial charge in [-0.05, 0) is 20.3 Å². The SMILES string of the molecule is CCC(C)(C)C(=O)OCCOC(=O)C1C(C(=O)O)C2(Cl)C(Cl)=C(Cl)C1(Cl)CC2(Cl)Cl. The predicted molar refractivity (Wildman–Crippen MR) is 116 cm³/mol.